The van der Waals surface area contributed by atoms with Gasteiger partial charge in [0.1, 0.15) is 17.3 Å². The van der Waals surface area contributed by atoms with Gasteiger partial charge < -0.3 is 18.8 Å². The third-order valence-electron chi connectivity index (χ3n) is 5.68. The molecule has 1 aromatic heterocycles. The summed E-state index contributed by atoms with van der Waals surface area (Å²) in [6, 6.07) is 12.3. The van der Waals surface area contributed by atoms with Crippen LogP contribution in [0.25, 0.3) is 0 Å². The first-order chi connectivity index (χ1) is 14.0. The zero-order valence-electron chi connectivity index (χ0n) is 17.9. The maximum absolute atomic E-state index is 12.2. The van der Waals surface area contributed by atoms with Crippen LogP contribution >= 0.6 is 0 Å². The summed E-state index contributed by atoms with van der Waals surface area (Å²) >= 11 is 0. The van der Waals surface area contributed by atoms with Crippen LogP contribution in [0.2, 0.25) is 0 Å². The van der Waals surface area contributed by atoms with Gasteiger partial charge in [-0.25, -0.2) is 0 Å². The van der Waals surface area contributed by atoms with Crippen molar-refractivity contribution in [1.82, 2.24) is 9.80 Å². The molecule has 6 nitrogen and oxygen atoms in total. The van der Waals surface area contributed by atoms with E-state index in [4.69, 9.17) is 13.9 Å². The monoisotopic (exact) mass is 400 g/mol. The van der Waals surface area contributed by atoms with E-state index in [0.717, 1.165) is 36.9 Å². The predicted molar refractivity (Wildman–Crippen MR) is 112 cm³/mol. The zero-order valence-corrected chi connectivity index (χ0v) is 17.9. The minimum Gasteiger partial charge on any atom is -0.497 e. The Bertz CT molecular complexity index is 804. The SMILES string of the molecule is COCCN(CC1CN(Cc2ccc(C)o2)CC1c1cccc(OC)c1)C(C)=O. The maximum atomic E-state index is 12.2. The molecular formula is C23H32N2O4. The van der Waals surface area contributed by atoms with Crippen molar-refractivity contribution in [3.63, 3.8) is 0 Å². The van der Waals surface area contributed by atoms with Crippen LogP contribution < -0.4 is 4.74 Å². The van der Waals surface area contributed by atoms with Crippen LogP contribution in [-0.2, 0) is 16.1 Å². The number of amides is 1. The molecule has 0 N–H and O–H groups in total. The van der Waals surface area contributed by atoms with E-state index in [1.54, 1.807) is 21.1 Å². The normalized spacial score (nSPS) is 19.4. The lowest BCUT2D eigenvalue weighted by Crippen LogP contribution is -2.38. The molecule has 3 rings (SSSR count). The van der Waals surface area contributed by atoms with Crippen LogP contribution in [0.5, 0.6) is 5.75 Å². The molecule has 2 unspecified atom stereocenters. The average Bonchev–Trinajstić information content (AvgIpc) is 3.30. The van der Waals surface area contributed by atoms with Crippen LogP contribution in [0.1, 0.15) is 29.9 Å². The topological polar surface area (TPSA) is 55.1 Å². The van der Waals surface area contributed by atoms with Crippen LogP contribution in [0.15, 0.2) is 40.8 Å². The van der Waals surface area contributed by atoms with Gasteiger partial charge in [-0.3, -0.25) is 9.69 Å². The molecule has 1 amide bonds. The third-order valence-corrected chi connectivity index (χ3v) is 5.68. The summed E-state index contributed by atoms with van der Waals surface area (Å²) < 4.78 is 16.4. The fourth-order valence-electron chi connectivity index (χ4n) is 4.18. The summed E-state index contributed by atoms with van der Waals surface area (Å²) in [7, 11) is 3.36. The minimum atomic E-state index is 0.0894. The average molecular weight is 401 g/mol. The molecule has 1 aromatic carbocycles. The van der Waals surface area contributed by atoms with E-state index in [-0.39, 0.29) is 5.91 Å². The standard InChI is InChI=1S/C23H32N2O4/c1-17-8-9-22(29-17)15-24-13-20(14-25(18(2)26)10-11-27-3)23(16-24)19-6-5-7-21(12-19)28-4/h5-9,12,20,23H,10-11,13-16H2,1-4H3. The minimum absolute atomic E-state index is 0.0894. The van der Waals surface area contributed by atoms with Gasteiger partial charge in [0.15, 0.2) is 0 Å². The van der Waals surface area contributed by atoms with Gasteiger partial charge in [0, 0.05) is 46.1 Å². The Balaban J connectivity index is 1.79. The van der Waals surface area contributed by atoms with E-state index in [0.29, 0.717) is 31.5 Å². The Hall–Kier alpha value is -2.31. The molecule has 0 radical (unpaired) electrons. The van der Waals surface area contributed by atoms with Crippen LogP contribution in [0.4, 0.5) is 0 Å². The van der Waals surface area contributed by atoms with Gasteiger partial charge in [-0.2, -0.15) is 0 Å². The Morgan fingerprint density at radius 1 is 1.24 bits per heavy atom. The van der Waals surface area contributed by atoms with Gasteiger partial charge in [-0.05, 0) is 42.7 Å². The molecule has 2 heterocycles. The van der Waals surface area contributed by atoms with E-state index in [1.165, 1.54) is 5.56 Å². The van der Waals surface area contributed by atoms with Crippen LogP contribution in [0.3, 0.4) is 0 Å². The highest BCUT2D eigenvalue weighted by Crippen LogP contribution is 2.35. The second kappa shape index (κ2) is 9.94. The quantitative estimate of drug-likeness (QED) is 0.646. The molecule has 0 aliphatic carbocycles. The number of benzene rings is 1. The molecule has 2 aromatic rings. The number of hydrogen-bond donors (Lipinski definition) is 0. The van der Waals surface area contributed by atoms with E-state index in [9.17, 15) is 4.79 Å². The Morgan fingerprint density at radius 2 is 2.07 bits per heavy atom. The van der Waals surface area contributed by atoms with Gasteiger partial charge in [-0.15, -0.1) is 0 Å². The number of hydrogen-bond acceptors (Lipinski definition) is 5. The van der Waals surface area contributed by atoms with E-state index >= 15 is 0 Å². The van der Waals surface area contributed by atoms with Crippen molar-refractivity contribution in [3.8, 4) is 5.75 Å². The molecule has 2 atom stereocenters. The van der Waals surface area contributed by atoms with Crippen LogP contribution in [-0.4, -0.2) is 62.7 Å². The number of rotatable bonds is 9. The van der Waals surface area contributed by atoms with Gasteiger partial charge in [0.2, 0.25) is 5.91 Å². The molecule has 0 spiro atoms. The first-order valence-corrected chi connectivity index (χ1v) is 10.2. The Kier molecular flexibility index (Phi) is 7.34. The van der Waals surface area contributed by atoms with Gasteiger partial charge in [0.25, 0.3) is 0 Å². The van der Waals surface area contributed by atoms with E-state index in [2.05, 4.69) is 17.0 Å². The second-order valence-corrected chi connectivity index (χ2v) is 7.81. The lowest BCUT2D eigenvalue weighted by atomic mass is 9.88. The van der Waals surface area contributed by atoms with E-state index in [1.807, 2.05) is 36.1 Å². The molecule has 1 fully saturated rings. The molecule has 29 heavy (non-hydrogen) atoms. The Morgan fingerprint density at radius 3 is 2.72 bits per heavy atom. The van der Waals surface area contributed by atoms with Gasteiger partial charge in [-0.1, -0.05) is 12.1 Å². The number of furan rings is 1. The molecule has 1 aliphatic rings. The lowest BCUT2D eigenvalue weighted by Gasteiger charge is -2.27. The summed E-state index contributed by atoms with van der Waals surface area (Å²) in [5, 5.41) is 0. The molecule has 1 aliphatic heterocycles. The van der Waals surface area contributed by atoms with Crippen LogP contribution in [0, 0.1) is 12.8 Å². The number of likely N-dealkylation sites (tertiary alicyclic amines) is 1. The van der Waals surface area contributed by atoms with Gasteiger partial charge in [0.05, 0.1) is 20.3 Å². The third kappa shape index (κ3) is 5.61. The van der Waals surface area contributed by atoms with E-state index < -0.39 is 0 Å². The fourth-order valence-corrected chi connectivity index (χ4v) is 4.18. The summed E-state index contributed by atoms with van der Waals surface area (Å²) in [5.41, 5.74) is 1.25. The number of carbonyl (C=O) groups excluding carboxylic acids is 1. The smallest absolute Gasteiger partial charge is 0.219 e. The lowest BCUT2D eigenvalue weighted by molar-refractivity contribution is -0.130. The summed E-state index contributed by atoms with van der Waals surface area (Å²) in [6.07, 6.45) is 0. The zero-order chi connectivity index (χ0) is 20.8. The number of aryl methyl sites for hydroxylation is 1. The first kappa shape index (κ1) is 21.4. The first-order valence-electron chi connectivity index (χ1n) is 10.2. The summed E-state index contributed by atoms with van der Waals surface area (Å²) in [6.45, 7) is 8.10. The number of ether oxygens (including phenoxy) is 2. The second-order valence-electron chi connectivity index (χ2n) is 7.81. The van der Waals surface area contributed by atoms with Crippen molar-refractivity contribution in [3.05, 3.63) is 53.5 Å². The number of nitrogens with zero attached hydrogens (tertiary/aromatic N) is 2. The highest BCUT2D eigenvalue weighted by Gasteiger charge is 2.35. The largest absolute Gasteiger partial charge is 0.497 e. The fraction of sp³-hybridized carbons (Fsp3) is 0.522. The van der Waals surface area contributed by atoms with Gasteiger partial charge >= 0.3 is 0 Å². The van der Waals surface area contributed by atoms with Crippen molar-refractivity contribution in [2.75, 3.05) is 47.0 Å². The molecule has 158 valence electrons. The highest BCUT2D eigenvalue weighted by atomic mass is 16.5. The molecule has 0 bridgehead atoms. The molecule has 1 saturated heterocycles. The molecule has 0 saturated carbocycles. The van der Waals surface area contributed by atoms with Crippen molar-refractivity contribution in [2.24, 2.45) is 5.92 Å². The molecule has 6 heteroatoms. The van der Waals surface area contributed by atoms with Crippen molar-refractivity contribution in [1.29, 1.82) is 0 Å². The van der Waals surface area contributed by atoms with Crippen molar-refractivity contribution in [2.45, 2.75) is 26.3 Å². The highest BCUT2D eigenvalue weighted by molar-refractivity contribution is 5.73. The van der Waals surface area contributed by atoms with Crippen molar-refractivity contribution >= 4 is 5.91 Å². The predicted octanol–water partition coefficient (Wildman–Crippen LogP) is 3.31. The summed E-state index contributed by atoms with van der Waals surface area (Å²) in [5.74, 6) is 3.53. The molecular weight excluding hydrogens is 368 g/mol. The number of carbonyl (C=O) groups is 1. The summed E-state index contributed by atoms with van der Waals surface area (Å²) in [4.78, 5) is 16.5. The number of methoxy groups -OCH3 is 2. The Labute approximate surface area is 173 Å². The van der Waals surface area contributed by atoms with Crippen molar-refractivity contribution < 1.29 is 18.7 Å². The maximum Gasteiger partial charge on any atom is 0.219 e.